The van der Waals surface area contributed by atoms with Gasteiger partial charge in [-0.15, -0.1) is 0 Å². The van der Waals surface area contributed by atoms with Crippen LogP contribution in [0.5, 0.6) is 5.75 Å². The van der Waals surface area contributed by atoms with Crippen molar-refractivity contribution in [2.75, 3.05) is 0 Å². The fraction of sp³-hybridized carbons (Fsp3) is 0.632. The van der Waals surface area contributed by atoms with E-state index in [1.54, 1.807) is 0 Å². The third-order valence-corrected chi connectivity index (χ3v) is 6.75. The Bertz CT molecular complexity index is 618. The quantitative estimate of drug-likeness (QED) is 0.778. The average molecular weight is 284 g/mol. The number of phenolic OH excluding ortho intramolecular Hbond substituents is 1. The highest BCUT2D eigenvalue weighted by atomic mass is 16.3. The van der Waals surface area contributed by atoms with Crippen LogP contribution in [-0.2, 0) is 11.2 Å². The predicted octanol–water partition coefficient (Wildman–Crippen LogP) is 4.13. The standard InChI is InChI=1S/C19H24O2/c1-11-9-15-12(10-17(11)20)3-4-14-13(15)7-8-19(2)16(14)5-6-18(19)21/h9-10,13-14,16,20H,3-8H2,1-2H3/t13?,14?,16?,19-/m0/s1. The van der Waals surface area contributed by atoms with E-state index in [1.807, 2.05) is 13.0 Å². The number of phenols is 1. The van der Waals surface area contributed by atoms with Gasteiger partial charge in [0.1, 0.15) is 11.5 Å². The monoisotopic (exact) mass is 284 g/mol. The van der Waals surface area contributed by atoms with Crippen LogP contribution in [0.3, 0.4) is 0 Å². The number of fused-ring (bicyclic) bond motifs is 5. The Kier molecular flexibility index (Phi) is 2.76. The minimum Gasteiger partial charge on any atom is -0.508 e. The number of benzene rings is 1. The number of Topliss-reactive ketones (excluding diaryl/α,β-unsaturated/α-hetero) is 1. The molecule has 3 unspecified atom stereocenters. The van der Waals surface area contributed by atoms with Gasteiger partial charge in [0, 0.05) is 11.8 Å². The lowest BCUT2D eigenvalue weighted by Crippen LogP contribution is -2.42. The van der Waals surface area contributed by atoms with Crippen LogP contribution >= 0.6 is 0 Å². The lowest BCUT2D eigenvalue weighted by molar-refractivity contribution is -0.129. The SMILES string of the molecule is Cc1cc2c(cc1O)CCC1C2CC[C@]2(C)C(=O)CCC12. The van der Waals surface area contributed by atoms with Gasteiger partial charge in [-0.05, 0) is 79.5 Å². The number of aryl methyl sites for hydroxylation is 2. The summed E-state index contributed by atoms with van der Waals surface area (Å²) in [5.41, 5.74) is 3.76. The lowest BCUT2D eigenvalue weighted by Gasteiger charge is -2.48. The minimum atomic E-state index is -0.0371. The molecule has 21 heavy (non-hydrogen) atoms. The van der Waals surface area contributed by atoms with Crippen LogP contribution < -0.4 is 0 Å². The van der Waals surface area contributed by atoms with E-state index in [2.05, 4.69) is 13.0 Å². The summed E-state index contributed by atoms with van der Waals surface area (Å²) in [6.45, 7) is 4.21. The molecule has 4 rings (SSSR count). The molecule has 0 radical (unpaired) electrons. The zero-order valence-electron chi connectivity index (χ0n) is 13.0. The van der Waals surface area contributed by atoms with Crippen LogP contribution in [-0.4, -0.2) is 10.9 Å². The summed E-state index contributed by atoms with van der Waals surface area (Å²) in [5.74, 6) is 2.82. The third kappa shape index (κ3) is 1.74. The number of rotatable bonds is 0. The molecule has 4 atom stereocenters. The highest BCUT2D eigenvalue weighted by molar-refractivity contribution is 5.87. The Hall–Kier alpha value is -1.31. The summed E-state index contributed by atoms with van der Waals surface area (Å²) in [4.78, 5) is 12.3. The van der Waals surface area contributed by atoms with Gasteiger partial charge >= 0.3 is 0 Å². The molecule has 0 aliphatic heterocycles. The van der Waals surface area contributed by atoms with Crippen LogP contribution in [0.2, 0.25) is 0 Å². The van der Waals surface area contributed by atoms with Crippen molar-refractivity contribution in [3.05, 3.63) is 28.8 Å². The van der Waals surface area contributed by atoms with E-state index >= 15 is 0 Å². The predicted molar refractivity (Wildman–Crippen MR) is 82.5 cm³/mol. The number of ketones is 1. The van der Waals surface area contributed by atoms with Crippen molar-refractivity contribution < 1.29 is 9.90 Å². The van der Waals surface area contributed by atoms with E-state index in [1.165, 1.54) is 17.5 Å². The van der Waals surface area contributed by atoms with Crippen molar-refractivity contribution in [3.63, 3.8) is 0 Å². The summed E-state index contributed by atoms with van der Waals surface area (Å²) < 4.78 is 0. The Labute approximate surface area is 126 Å². The van der Waals surface area contributed by atoms with Gasteiger partial charge < -0.3 is 5.11 Å². The highest BCUT2D eigenvalue weighted by Crippen LogP contribution is 2.59. The van der Waals surface area contributed by atoms with Crippen LogP contribution in [0.15, 0.2) is 12.1 Å². The molecule has 0 amide bonds. The molecule has 2 heteroatoms. The topological polar surface area (TPSA) is 37.3 Å². The molecule has 3 aliphatic carbocycles. The van der Waals surface area contributed by atoms with Gasteiger partial charge in [0.05, 0.1) is 0 Å². The number of carbonyl (C=O) groups excluding carboxylic acids is 1. The molecule has 0 heterocycles. The van der Waals surface area contributed by atoms with E-state index in [-0.39, 0.29) is 5.41 Å². The Balaban J connectivity index is 1.75. The van der Waals surface area contributed by atoms with E-state index in [9.17, 15) is 9.90 Å². The largest absolute Gasteiger partial charge is 0.508 e. The Morgan fingerprint density at radius 1 is 1.19 bits per heavy atom. The fourth-order valence-corrected chi connectivity index (χ4v) is 5.49. The van der Waals surface area contributed by atoms with Crippen molar-refractivity contribution in [1.29, 1.82) is 0 Å². The molecule has 3 aliphatic rings. The number of hydrogen-bond donors (Lipinski definition) is 1. The second kappa shape index (κ2) is 4.34. The van der Waals surface area contributed by atoms with Gasteiger partial charge in [0.15, 0.2) is 0 Å². The molecule has 0 spiro atoms. The molecule has 0 aromatic heterocycles. The van der Waals surface area contributed by atoms with Crippen molar-refractivity contribution in [3.8, 4) is 5.75 Å². The Morgan fingerprint density at radius 3 is 2.81 bits per heavy atom. The van der Waals surface area contributed by atoms with Crippen molar-refractivity contribution >= 4 is 5.78 Å². The minimum absolute atomic E-state index is 0.0371. The van der Waals surface area contributed by atoms with E-state index in [0.717, 1.165) is 37.7 Å². The summed E-state index contributed by atoms with van der Waals surface area (Å²) in [6, 6.07) is 4.19. The van der Waals surface area contributed by atoms with Gasteiger partial charge in [0.2, 0.25) is 0 Å². The molecule has 112 valence electrons. The maximum absolute atomic E-state index is 12.3. The number of carbonyl (C=O) groups is 1. The smallest absolute Gasteiger partial charge is 0.139 e. The van der Waals surface area contributed by atoms with Crippen LogP contribution in [0.1, 0.15) is 61.6 Å². The third-order valence-electron chi connectivity index (χ3n) is 6.75. The summed E-state index contributed by atoms with van der Waals surface area (Å²) in [5, 5.41) is 9.95. The van der Waals surface area contributed by atoms with E-state index in [4.69, 9.17) is 0 Å². The molecule has 0 bridgehead atoms. The first-order valence-corrected chi connectivity index (χ1v) is 8.36. The molecule has 2 fully saturated rings. The first-order chi connectivity index (χ1) is 10.0. The number of aromatic hydroxyl groups is 1. The zero-order valence-corrected chi connectivity index (χ0v) is 13.0. The zero-order chi connectivity index (χ0) is 14.8. The fourth-order valence-electron chi connectivity index (χ4n) is 5.49. The second-order valence-electron chi connectivity index (χ2n) is 7.67. The highest BCUT2D eigenvalue weighted by Gasteiger charge is 2.54. The molecule has 2 nitrogen and oxygen atoms in total. The van der Waals surface area contributed by atoms with E-state index < -0.39 is 0 Å². The maximum Gasteiger partial charge on any atom is 0.139 e. The summed E-state index contributed by atoms with van der Waals surface area (Å²) in [6.07, 6.45) is 6.34. The van der Waals surface area contributed by atoms with Crippen LogP contribution in [0.4, 0.5) is 0 Å². The first-order valence-electron chi connectivity index (χ1n) is 8.36. The molecule has 0 saturated heterocycles. The van der Waals surface area contributed by atoms with Crippen molar-refractivity contribution in [2.24, 2.45) is 17.3 Å². The van der Waals surface area contributed by atoms with Gasteiger partial charge in [-0.1, -0.05) is 13.0 Å². The number of hydrogen-bond acceptors (Lipinski definition) is 2. The molecule has 1 aromatic rings. The van der Waals surface area contributed by atoms with Crippen molar-refractivity contribution in [1.82, 2.24) is 0 Å². The maximum atomic E-state index is 12.3. The van der Waals surface area contributed by atoms with Gasteiger partial charge in [-0.25, -0.2) is 0 Å². The Morgan fingerprint density at radius 2 is 2.00 bits per heavy atom. The normalized spacial score (nSPS) is 37.8. The van der Waals surface area contributed by atoms with Crippen LogP contribution in [0.25, 0.3) is 0 Å². The molecular formula is C19H24O2. The van der Waals surface area contributed by atoms with E-state index in [0.29, 0.717) is 29.3 Å². The molecule has 1 aromatic carbocycles. The van der Waals surface area contributed by atoms with Gasteiger partial charge in [0.25, 0.3) is 0 Å². The second-order valence-corrected chi connectivity index (χ2v) is 7.67. The average Bonchev–Trinajstić information content (AvgIpc) is 2.76. The molecular weight excluding hydrogens is 260 g/mol. The van der Waals surface area contributed by atoms with Crippen LogP contribution in [0, 0.1) is 24.2 Å². The lowest BCUT2D eigenvalue weighted by atomic mass is 9.55. The summed E-state index contributed by atoms with van der Waals surface area (Å²) >= 11 is 0. The van der Waals surface area contributed by atoms with Gasteiger partial charge in [-0.3, -0.25) is 4.79 Å². The molecule has 1 N–H and O–H groups in total. The summed E-state index contributed by atoms with van der Waals surface area (Å²) in [7, 11) is 0. The molecule has 2 saturated carbocycles. The van der Waals surface area contributed by atoms with Crippen molar-refractivity contribution in [2.45, 2.75) is 58.3 Å². The first kappa shape index (κ1) is 13.4. The van der Waals surface area contributed by atoms with Gasteiger partial charge in [-0.2, -0.15) is 0 Å².